The van der Waals surface area contributed by atoms with Crippen LogP contribution in [0.1, 0.15) is 30.5 Å². The van der Waals surface area contributed by atoms with E-state index in [1.807, 2.05) is 0 Å². The number of rotatable bonds is 2. The van der Waals surface area contributed by atoms with E-state index in [9.17, 15) is 13.2 Å². The highest BCUT2D eigenvalue weighted by atomic mass is 35.5. The molecule has 1 nitrogen and oxygen atoms in total. The third kappa shape index (κ3) is 2.63. The number of nitrogens with two attached hydrogens (primary N) is 1. The van der Waals surface area contributed by atoms with E-state index >= 15 is 0 Å². The van der Waals surface area contributed by atoms with Gasteiger partial charge in [0.2, 0.25) is 0 Å². The molecular formula is C10H11ClF3N. The van der Waals surface area contributed by atoms with Gasteiger partial charge in [0.15, 0.2) is 0 Å². The topological polar surface area (TPSA) is 26.0 Å². The Labute approximate surface area is 91.0 Å². The van der Waals surface area contributed by atoms with Crippen LogP contribution in [0, 0.1) is 0 Å². The molecule has 0 bridgehead atoms. The summed E-state index contributed by atoms with van der Waals surface area (Å²) < 4.78 is 37.4. The van der Waals surface area contributed by atoms with Crippen molar-refractivity contribution in [2.75, 3.05) is 0 Å². The molecule has 0 spiro atoms. The zero-order valence-corrected chi connectivity index (χ0v) is 8.86. The Kier molecular flexibility index (Phi) is 3.62. The monoisotopic (exact) mass is 237 g/mol. The maximum absolute atomic E-state index is 12.5. The van der Waals surface area contributed by atoms with E-state index in [0.29, 0.717) is 12.0 Å². The van der Waals surface area contributed by atoms with Crippen LogP contribution >= 0.6 is 11.6 Å². The second-order valence-corrected chi connectivity index (χ2v) is 3.60. The van der Waals surface area contributed by atoms with Gasteiger partial charge in [-0.05, 0) is 18.1 Å². The molecule has 0 radical (unpaired) electrons. The van der Waals surface area contributed by atoms with E-state index in [1.54, 1.807) is 6.92 Å². The molecule has 0 saturated heterocycles. The Morgan fingerprint density at radius 3 is 2.47 bits per heavy atom. The largest absolute Gasteiger partial charge is 0.417 e. The fourth-order valence-corrected chi connectivity index (χ4v) is 1.65. The number of hydrogen-bond donors (Lipinski definition) is 1. The number of benzene rings is 1. The number of alkyl halides is 3. The van der Waals surface area contributed by atoms with Crippen LogP contribution in [0.5, 0.6) is 0 Å². The van der Waals surface area contributed by atoms with E-state index in [-0.39, 0.29) is 5.02 Å². The minimum absolute atomic E-state index is 0.292. The van der Waals surface area contributed by atoms with Gasteiger partial charge in [0.05, 0.1) is 10.6 Å². The van der Waals surface area contributed by atoms with Crippen LogP contribution < -0.4 is 5.73 Å². The maximum Gasteiger partial charge on any atom is 0.417 e. The van der Waals surface area contributed by atoms with Gasteiger partial charge in [-0.3, -0.25) is 0 Å². The fourth-order valence-electron chi connectivity index (χ4n) is 1.28. The van der Waals surface area contributed by atoms with Crippen molar-refractivity contribution in [2.45, 2.75) is 25.6 Å². The first-order valence-corrected chi connectivity index (χ1v) is 4.87. The van der Waals surface area contributed by atoms with E-state index in [1.165, 1.54) is 12.1 Å². The molecule has 0 aromatic heterocycles. The highest BCUT2D eigenvalue weighted by molar-refractivity contribution is 6.32. The fraction of sp³-hybridized carbons (Fsp3) is 0.400. The normalized spacial score (nSPS) is 14.0. The van der Waals surface area contributed by atoms with Gasteiger partial charge in [-0.1, -0.05) is 30.7 Å². The standard InChI is InChI=1S/C10H11ClF3N/c1-2-8(15)6-4-3-5-7(9(6)11)10(12,13)14/h3-5,8H,2,15H2,1H3. The van der Waals surface area contributed by atoms with Gasteiger partial charge in [0, 0.05) is 6.04 Å². The Balaban J connectivity index is 3.23. The summed E-state index contributed by atoms with van der Waals surface area (Å²) in [7, 11) is 0. The molecule has 0 amide bonds. The third-order valence-corrected chi connectivity index (χ3v) is 2.60. The van der Waals surface area contributed by atoms with Crippen molar-refractivity contribution in [1.82, 2.24) is 0 Å². The van der Waals surface area contributed by atoms with Crippen LogP contribution in [-0.2, 0) is 6.18 Å². The van der Waals surface area contributed by atoms with Crippen LogP contribution in [0.25, 0.3) is 0 Å². The predicted molar refractivity (Wildman–Crippen MR) is 53.7 cm³/mol. The van der Waals surface area contributed by atoms with Crippen LogP contribution in [0.2, 0.25) is 5.02 Å². The lowest BCUT2D eigenvalue weighted by Gasteiger charge is -2.15. The highest BCUT2D eigenvalue weighted by Crippen LogP contribution is 2.37. The minimum Gasteiger partial charge on any atom is -0.324 e. The van der Waals surface area contributed by atoms with Crippen molar-refractivity contribution < 1.29 is 13.2 Å². The molecule has 1 aromatic carbocycles. The molecule has 2 N–H and O–H groups in total. The van der Waals surface area contributed by atoms with Gasteiger partial charge >= 0.3 is 6.18 Å². The molecule has 1 rings (SSSR count). The number of hydrogen-bond acceptors (Lipinski definition) is 1. The molecule has 0 saturated carbocycles. The second-order valence-electron chi connectivity index (χ2n) is 3.22. The molecule has 84 valence electrons. The van der Waals surface area contributed by atoms with Crippen molar-refractivity contribution in [2.24, 2.45) is 5.73 Å². The van der Waals surface area contributed by atoms with Crippen molar-refractivity contribution in [1.29, 1.82) is 0 Å². The Bertz CT molecular complexity index is 349. The van der Waals surface area contributed by atoms with E-state index in [0.717, 1.165) is 6.07 Å². The average molecular weight is 238 g/mol. The molecular weight excluding hydrogens is 227 g/mol. The van der Waals surface area contributed by atoms with Gasteiger partial charge in [-0.15, -0.1) is 0 Å². The molecule has 5 heteroatoms. The van der Waals surface area contributed by atoms with Gasteiger partial charge in [-0.2, -0.15) is 13.2 Å². The lowest BCUT2D eigenvalue weighted by Crippen LogP contribution is -2.13. The van der Waals surface area contributed by atoms with E-state index in [2.05, 4.69) is 0 Å². The summed E-state index contributed by atoms with van der Waals surface area (Å²) in [4.78, 5) is 0. The zero-order valence-electron chi connectivity index (χ0n) is 8.11. The second kappa shape index (κ2) is 4.41. The minimum atomic E-state index is -4.43. The molecule has 0 heterocycles. The van der Waals surface area contributed by atoms with Gasteiger partial charge in [-0.25, -0.2) is 0 Å². The van der Waals surface area contributed by atoms with Crippen LogP contribution in [0.15, 0.2) is 18.2 Å². The first-order chi connectivity index (χ1) is 6.88. The quantitative estimate of drug-likeness (QED) is 0.833. The van der Waals surface area contributed by atoms with Crippen LogP contribution in [0.4, 0.5) is 13.2 Å². The SMILES string of the molecule is CCC(N)c1cccc(C(F)(F)F)c1Cl. The first-order valence-electron chi connectivity index (χ1n) is 4.49. The Morgan fingerprint density at radius 2 is 2.00 bits per heavy atom. The molecule has 1 atom stereocenters. The van der Waals surface area contributed by atoms with Crippen molar-refractivity contribution in [3.05, 3.63) is 34.3 Å². The van der Waals surface area contributed by atoms with Gasteiger partial charge in [0.25, 0.3) is 0 Å². The van der Waals surface area contributed by atoms with Crippen LogP contribution in [-0.4, -0.2) is 0 Å². The maximum atomic E-state index is 12.5. The summed E-state index contributed by atoms with van der Waals surface area (Å²) in [6.45, 7) is 1.79. The Morgan fingerprint density at radius 1 is 1.40 bits per heavy atom. The summed E-state index contributed by atoms with van der Waals surface area (Å²) in [5.41, 5.74) is 5.17. The van der Waals surface area contributed by atoms with Crippen molar-refractivity contribution >= 4 is 11.6 Å². The average Bonchev–Trinajstić information content (AvgIpc) is 2.15. The summed E-state index contributed by atoms with van der Waals surface area (Å²) in [5.74, 6) is 0. The first kappa shape index (κ1) is 12.3. The Hall–Kier alpha value is -0.740. The third-order valence-electron chi connectivity index (χ3n) is 2.17. The van der Waals surface area contributed by atoms with Gasteiger partial charge < -0.3 is 5.73 Å². The number of halogens is 4. The van der Waals surface area contributed by atoms with E-state index in [4.69, 9.17) is 17.3 Å². The summed E-state index contributed by atoms with van der Waals surface area (Å²) in [6, 6.07) is 3.33. The summed E-state index contributed by atoms with van der Waals surface area (Å²) in [5, 5.41) is -0.292. The molecule has 0 aliphatic rings. The van der Waals surface area contributed by atoms with E-state index < -0.39 is 17.8 Å². The molecule has 1 unspecified atom stereocenters. The molecule has 15 heavy (non-hydrogen) atoms. The predicted octanol–water partition coefficient (Wildman–Crippen LogP) is 3.77. The summed E-state index contributed by atoms with van der Waals surface area (Å²) >= 11 is 5.67. The van der Waals surface area contributed by atoms with Crippen molar-refractivity contribution in [3.8, 4) is 0 Å². The molecule has 0 aliphatic carbocycles. The lowest BCUT2D eigenvalue weighted by molar-refractivity contribution is -0.137. The van der Waals surface area contributed by atoms with Gasteiger partial charge in [0.1, 0.15) is 0 Å². The van der Waals surface area contributed by atoms with Crippen molar-refractivity contribution in [3.63, 3.8) is 0 Å². The highest BCUT2D eigenvalue weighted by Gasteiger charge is 2.34. The summed E-state index contributed by atoms with van der Waals surface area (Å²) in [6.07, 6.45) is -3.89. The van der Waals surface area contributed by atoms with Crippen LogP contribution in [0.3, 0.4) is 0 Å². The lowest BCUT2D eigenvalue weighted by atomic mass is 10.0. The molecule has 0 fully saturated rings. The zero-order chi connectivity index (χ0) is 11.6. The smallest absolute Gasteiger partial charge is 0.324 e. The molecule has 1 aromatic rings. The molecule has 0 aliphatic heterocycles.